The highest BCUT2D eigenvalue weighted by molar-refractivity contribution is 5.52. The zero-order valence-corrected chi connectivity index (χ0v) is 18.7. The minimum Gasteiger partial charge on any atom is -0.493 e. The average Bonchev–Trinajstić information content (AvgIpc) is 3.31. The van der Waals surface area contributed by atoms with Gasteiger partial charge in [-0.1, -0.05) is 30.7 Å². The van der Waals surface area contributed by atoms with Crippen molar-refractivity contribution in [3.05, 3.63) is 69.3 Å². The molecule has 2 aromatic carbocycles. The number of hydrogen-bond acceptors (Lipinski definition) is 5. The molecule has 3 heterocycles. The summed E-state index contributed by atoms with van der Waals surface area (Å²) in [5.41, 5.74) is 3.76. The summed E-state index contributed by atoms with van der Waals surface area (Å²) < 4.78 is 6.39. The van der Waals surface area contributed by atoms with E-state index in [1.165, 1.54) is 56.3 Å². The lowest BCUT2D eigenvalue weighted by Crippen LogP contribution is -2.35. The van der Waals surface area contributed by atoms with Crippen LogP contribution < -0.4 is 4.74 Å². The second-order valence-electron chi connectivity index (χ2n) is 9.42. The van der Waals surface area contributed by atoms with E-state index in [4.69, 9.17) is 4.74 Å². The number of nitro benzene ring substituents is 1. The van der Waals surface area contributed by atoms with E-state index in [1.54, 1.807) is 12.1 Å². The van der Waals surface area contributed by atoms with Crippen molar-refractivity contribution in [2.45, 2.75) is 50.5 Å². The molecule has 5 rings (SSSR count). The Balaban J connectivity index is 1.39. The van der Waals surface area contributed by atoms with E-state index < -0.39 is 0 Å². The number of fused-ring (bicyclic) bond motifs is 3. The van der Waals surface area contributed by atoms with Crippen molar-refractivity contribution >= 4 is 5.69 Å². The Bertz CT molecular complexity index is 957. The summed E-state index contributed by atoms with van der Waals surface area (Å²) in [7, 11) is 0. The molecule has 6 heteroatoms. The summed E-state index contributed by atoms with van der Waals surface area (Å²) >= 11 is 0. The number of nitrogens with zero attached hydrogens (tertiary/aromatic N) is 3. The Morgan fingerprint density at radius 1 is 1.03 bits per heavy atom. The van der Waals surface area contributed by atoms with Gasteiger partial charge in [-0.2, -0.15) is 0 Å². The zero-order valence-electron chi connectivity index (χ0n) is 18.7. The summed E-state index contributed by atoms with van der Waals surface area (Å²) in [6.45, 7) is 6.23. The largest absolute Gasteiger partial charge is 0.493 e. The predicted octanol–water partition coefficient (Wildman–Crippen LogP) is 5.13. The van der Waals surface area contributed by atoms with E-state index in [2.05, 4.69) is 28.0 Å². The molecule has 170 valence electrons. The molecule has 2 aromatic rings. The third kappa shape index (κ3) is 4.39. The molecular formula is C26H33N3O3. The molecule has 0 bridgehead atoms. The number of rotatable bonds is 7. The fraction of sp³-hybridized carbons (Fsp3) is 0.538. The number of ether oxygens (including phenoxy) is 1. The van der Waals surface area contributed by atoms with E-state index >= 15 is 0 Å². The molecule has 2 unspecified atom stereocenters. The monoisotopic (exact) mass is 435 g/mol. The van der Waals surface area contributed by atoms with Crippen LogP contribution >= 0.6 is 0 Å². The molecule has 2 saturated heterocycles. The van der Waals surface area contributed by atoms with E-state index in [1.807, 2.05) is 12.1 Å². The van der Waals surface area contributed by atoms with Gasteiger partial charge in [0.25, 0.3) is 5.69 Å². The average molecular weight is 436 g/mol. The number of non-ortho nitro benzene ring substituents is 1. The Morgan fingerprint density at radius 3 is 2.72 bits per heavy atom. The maximum atomic E-state index is 11.4. The number of hydrogen-bond donors (Lipinski definition) is 0. The van der Waals surface area contributed by atoms with Crippen molar-refractivity contribution in [2.75, 3.05) is 39.3 Å². The van der Waals surface area contributed by atoms with Gasteiger partial charge in [0.2, 0.25) is 0 Å². The van der Waals surface area contributed by atoms with Crippen molar-refractivity contribution in [3.63, 3.8) is 0 Å². The van der Waals surface area contributed by atoms with E-state index in [9.17, 15) is 10.1 Å². The number of nitro groups is 1. The van der Waals surface area contributed by atoms with Gasteiger partial charge in [0.15, 0.2) is 0 Å². The molecule has 2 atom stereocenters. The lowest BCUT2D eigenvalue weighted by Gasteiger charge is -2.38. The lowest BCUT2D eigenvalue weighted by atomic mass is 9.81. The quantitative estimate of drug-likeness (QED) is 0.343. The molecule has 0 spiro atoms. The lowest BCUT2D eigenvalue weighted by molar-refractivity contribution is -0.384. The molecule has 3 aliphatic heterocycles. The van der Waals surface area contributed by atoms with Gasteiger partial charge in [-0.15, -0.1) is 0 Å². The van der Waals surface area contributed by atoms with Crippen LogP contribution in [0.2, 0.25) is 0 Å². The Labute approximate surface area is 190 Å². The van der Waals surface area contributed by atoms with Crippen molar-refractivity contribution in [2.24, 2.45) is 0 Å². The van der Waals surface area contributed by atoms with Crippen LogP contribution in [-0.4, -0.2) is 54.1 Å². The number of likely N-dealkylation sites (tertiary alicyclic amines) is 1. The highest BCUT2D eigenvalue weighted by Gasteiger charge is 2.38. The van der Waals surface area contributed by atoms with Gasteiger partial charge < -0.3 is 9.64 Å². The molecule has 0 amide bonds. The van der Waals surface area contributed by atoms with Gasteiger partial charge >= 0.3 is 0 Å². The minimum absolute atomic E-state index is 0.0949. The van der Waals surface area contributed by atoms with Crippen LogP contribution in [-0.2, 0) is 0 Å². The Hall–Kier alpha value is -2.44. The molecule has 0 saturated carbocycles. The minimum atomic E-state index is -0.297. The smallest absolute Gasteiger partial charge is 0.269 e. The molecular weight excluding hydrogens is 402 g/mol. The first-order valence-electron chi connectivity index (χ1n) is 12.2. The van der Waals surface area contributed by atoms with Crippen LogP contribution in [0.1, 0.15) is 67.2 Å². The Kier molecular flexibility index (Phi) is 6.42. The van der Waals surface area contributed by atoms with E-state index in [-0.39, 0.29) is 16.5 Å². The first-order valence-corrected chi connectivity index (χ1v) is 12.2. The second-order valence-corrected chi connectivity index (χ2v) is 9.42. The predicted molar refractivity (Wildman–Crippen MR) is 125 cm³/mol. The molecule has 0 radical (unpaired) electrons. The van der Waals surface area contributed by atoms with Crippen LogP contribution in [0.4, 0.5) is 5.69 Å². The van der Waals surface area contributed by atoms with Crippen LogP contribution in [0.15, 0.2) is 42.5 Å². The first-order chi connectivity index (χ1) is 15.7. The molecule has 3 aliphatic rings. The zero-order chi connectivity index (χ0) is 21.9. The van der Waals surface area contributed by atoms with Crippen molar-refractivity contribution < 1.29 is 9.66 Å². The highest BCUT2D eigenvalue weighted by Crippen LogP contribution is 2.47. The summed E-state index contributed by atoms with van der Waals surface area (Å²) in [4.78, 5) is 16.2. The standard InChI is InChI=1S/C26H33N3O3/c30-29(31)21-9-4-8-20(18-21)23-19-28-16-6-11-24(28)22-10-5-12-25(26(22)23)32-17-7-15-27-13-2-1-3-14-27/h4-5,8-10,12,18,23-24H,1-3,6-7,11,13-17,19H2. The Morgan fingerprint density at radius 2 is 1.88 bits per heavy atom. The fourth-order valence-corrected chi connectivity index (χ4v) is 5.85. The fourth-order valence-electron chi connectivity index (χ4n) is 5.85. The van der Waals surface area contributed by atoms with Gasteiger partial charge in [0, 0.05) is 42.7 Å². The van der Waals surface area contributed by atoms with Crippen LogP contribution in [0, 0.1) is 10.1 Å². The second kappa shape index (κ2) is 9.59. The normalized spacial score (nSPS) is 23.5. The maximum Gasteiger partial charge on any atom is 0.269 e. The summed E-state index contributed by atoms with van der Waals surface area (Å²) in [6, 6.07) is 14.1. The molecule has 32 heavy (non-hydrogen) atoms. The van der Waals surface area contributed by atoms with Crippen LogP contribution in [0.3, 0.4) is 0 Å². The summed E-state index contributed by atoms with van der Waals surface area (Å²) in [5.74, 6) is 1.06. The third-order valence-electron chi connectivity index (χ3n) is 7.40. The van der Waals surface area contributed by atoms with Crippen LogP contribution in [0.25, 0.3) is 0 Å². The van der Waals surface area contributed by atoms with E-state index in [0.29, 0.717) is 12.6 Å². The van der Waals surface area contributed by atoms with Crippen molar-refractivity contribution in [1.82, 2.24) is 9.80 Å². The summed E-state index contributed by atoms with van der Waals surface area (Å²) in [5, 5.41) is 11.4. The van der Waals surface area contributed by atoms with Crippen molar-refractivity contribution in [1.29, 1.82) is 0 Å². The molecule has 0 aromatic heterocycles. The van der Waals surface area contributed by atoms with Crippen molar-refractivity contribution in [3.8, 4) is 5.75 Å². The third-order valence-corrected chi connectivity index (χ3v) is 7.40. The van der Waals surface area contributed by atoms with Gasteiger partial charge in [0.1, 0.15) is 5.75 Å². The van der Waals surface area contributed by atoms with Gasteiger partial charge in [0.05, 0.1) is 11.5 Å². The molecule has 2 fully saturated rings. The van der Waals surface area contributed by atoms with Gasteiger partial charge in [-0.25, -0.2) is 0 Å². The van der Waals surface area contributed by atoms with Gasteiger partial charge in [-0.05, 0) is 68.9 Å². The maximum absolute atomic E-state index is 11.4. The topological polar surface area (TPSA) is 58.9 Å². The number of benzene rings is 2. The number of piperidine rings is 1. The van der Waals surface area contributed by atoms with Gasteiger partial charge in [-0.3, -0.25) is 15.0 Å². The molecule has 0 N–H and O–H groups in total. The SMILES string of the molecule is O=[N+]([O-])c1cccc(C2CN3CCCC3c3cccc(OCCCN4CCCCC4)c32)c1. The van der Waals surface area contributed by atoms with Crippen LogP contribution in [0.5, 0.6) is 5.75 Å². The molecule has 6 nitrogen and oxygen atoms in total. The summed E-state index contributed by atoms with van der Waals surface area (Å²) in [6.07, 6.45) is 7.40. The molecule has 0 aliphatic carbocycles. The highest BCUT2D eigenvalue weighted by atomic mass is 16.6. The van der Waals surface area contributed by atoms with E-state index in [0.717, 1.165) is 37.4 Å². The first kappa shape index (κ1) is 21.4.